The van der Waals surface area contributed by atoms with E-state index in [0.717, 1.165) is 63.4 Å². The number of aromatic nitrogens is 2. The molecule has 1 saturated carbocycles. The van der Waals surface area contributed by atoms with E-state index in [0.29, 0.717) is 63.8 Å². The molecule has 4 aliphatic rings. The molecule has 4 atom stereocenters. The first-order valence-corrected chi connectivity index (χ1v) is 20.8. The fourth-order valence-electron chi connectivity index (χ4n) is 8.50. The van der Waals surface area contributed by atoms with E-state index in [1.165, 1.54) is 0 Å². The highest BCUT2D eigenvalue weighted by Crippen LogP contribution is 2.52. The normalized spacial score (nSPS) is 21.0. The summed E-state index contributed by atoms with van der Waals surface area (Å²) in [6.07, 6.45) is 1.91. The van der Waals surface area contributed by atoms with Crippen LogP contribution in [0.1, 0.15) is 33.6 Å². The Morgan fingerprint density at radius 1 is 0.803 bits per heavy atom. The largest absolute Gasteiger partial charge is 0.374 e. The molecule has 4 aromatic carbocycles. The van der Waals surface area contributed by atoms with Gasteiger partial charge in [-0.2, -0.15) is 4.98 Å². The fraction of sp³-hybridized carbons (Fsp3) is 0.289. The van der Waals surface area contributed by atoms with Crippen molar-refractivity contribution in [2.24, 2.45) is 17.8 Å². The lowest BCUT2D eigenvalue weighted by Gasteiger charge is -2.36. The molecular weight excluding hydrogens is 799 g/mol. The minimum Gasteiger partial charge on any atom is -0.374 e. The Morgan fingerprint density at radius 3 is 2.15 bits per heavy atom. The fourth-order valence-corrected chi connectivity index (χ4v) is 8.68. The van der Waals surface area contributed by atoms with Crippen molar-refractivity contribution in [3.8, 4) is 0 Å². The van der Waals surface area contributed by atoms with Gasteiger partial charge in [0.2, 0.25) is 17.8 Å². The standard InChI is InChI=1S/C45H44ClFN10O4/c46-36-3-1-2-4-38(36)52-42(59)27-5-9-30(10-6-27)50-41-37(47)23-48-45(54-41)51-31-11-7-28(8-12-31)44(61)57-25-34-33(35(34)26-57)24-55-19-21-56(22-20-55)32-15-13-29(14-16-32)49-39-17-18-40(58)53-43(39)60/h1-16,23,33-35,39,49H,17-22,24-26H2,(H,52,59)(H,53,58,60)(H2,48,50,51,54)/t33?,34-,35+,39?. The Hall–Kier alpha value is -6.58. The number of benzene rings is 4. The molecule has 312 valence electrons. The maximum atomic E-state index is 14.7. The van der Waals surface area contributed by atoms with Gasteiger partial charge in [-0.25, -0.2) is 9.37 Å². The first-order chi connectivity index (χ1) is 29.6. The second-order valence-corrected chi connectivity index (χ2v) is 16.3. The van der Waals surface area contributed by atoms with Gasteiger partial charge in [0.1, 0.15) is 6.04 Å². The number of para-hydroxylation sites is 1. The number of carbonyl (C=O) groups excluding carboxylic acids is 4. The Labute approximate surface area is 356 Å². The van der Waals surface area contributed by atoms with Crippen LogP contribution >= 0.6 is 11.6 Å². The van der Waals surface area contributed by atoms with Crippen molar-refractivity contribution >= 4 is 75.4 Å². The Morgan fingerprint density at radius 2 is 1.46 bits per heavy atom. The van der Waals surface area contributed by atoms with Gasteiger partial charge in [-0.1, -0.05) is 23.7 Å². The van der Waals surface area contributed by atoms with Gasteiger partial charge in [0, 0.05) is 86.1 Å². The van der Waals surface area contributed by atoms with Gasteiger partial charge in [-0.15, -0.1) is 0 Å². The number of nitrogens with one attached hydrogen (secondary N) is 5. The summed E-state index contributed by atoms with van der Waals surface area (Å²) in [5.41, 5.74) is 4.68. The third kappa shape index (κ3) is 9.12. The van der Waals surface area contributed by atoms with Gasteiger partial charge >= 0.3 is 0 Å². The molecule has 4 fully saturated rings. The summed E-state index contributed by atoms with van der Waals surface area (Å²) in [6, 6.07) is 28.3. The van der Waals surface area contributed by atoms with E-state index >= 15 is 0 Å². The molecule has 3 saturated heterocycles. The third-order valence-electron chi connectivity index (χ3n) is 12.0. The first kappa shape index (κ1) is 39.9. The minimum absolute atomic E-state index is 0.0151. The molecule has 4 amide bonds. The topological polar surface area (TPSA) is 164 Å². The van der Waals surface area contributed by atoms with Gasteiger partial charge in [0.25, 0.3) is 11.8 Å². The molecule has 4 heterocycles. The molecule has 16 heteroatoms. The predicted octanol–water partition coefficient (Wildman–Crippen LogP) is 6.37. The smallest absolute Gasteiger partial charge is 0.255 e. The quantitative estimate of drug-likeness (QED) is 0.0888. The van der Waals surface area contributed by atoms with Crippen LogP contribution in [-0.4, -0.2) is 95.3 Å². The number of piperidine rings is 2. The lowest BCUT2D eigenvalue weighted by molar-refractivity contribution is -0.133. The second-order valence-electron chi connectivity index (χ2n) is 15.9. The van der Waals surface area contributed by atoms with E-state index < -0.39 is 11.9 Å². The number of fused-ring (bicyclic) bond motifs is 1. The number of nitrogens with zero attached hydrogens (tertiary/aromatic N) is 5. The molecule has 14 nitrogen and oxygen atoms in total. The van der Waals surface area contributed by atoms with E-state index in [2.05, 4.69) is 58.5 Å². The molecule has 1 aliphatic carbocycles. The van der Waals surface area contributed by atoms with E-state index in [4.69, 9.17) is 11.6 Å². The molecular formula is C45H44ClFN10O4. The van der Waals surface area contributed by atoms with Crippen molar-refractivity contribution in [3.63, 3.8) is 0 Å². The maximum Gasteiger partial charge on any atom is 0.255 e. The van der Waals surface area contributed by atoms with E-state index in [9.17, 15) is 23.6 Å². The molecule has 3 aliphatic heterocycles. The number of rotatable bonds is 12. The SMILES string of the molecule is O=C1CCC(Nc2ccc(N3CCN(CC4[C@H]5CN(C(=O)c6ccc(Nc7ncc(F)c(Nc8ccc(C(=O)Nc9ccccc9Cl)cc8)n7)cc6)C[C@@H]45)CC3)cc2)C(=O)N1. The van der Waals surface area contributed by atoms with Crippen molar-refractivity contribution in [3.05, 3.63) is 125 Å². The second kappa shape index (κ2) is 17.2. The van der Waals surface area contributed by atoms with Gasteiger partial charge in [-0.3, -0.25) is 29.4 Å². The number of piperazine rings is 1. The molecule has 9 rings (SSSR count). The minimum atomic E-state index is -0.650. The van der Waals surface area contributed by atoms with Crippen LogP contribution in [0.3, 0.4) is 0 Å². The summed E-state index contributed by atoms with van der Waals surface area (Å²) < 4.78 is 14.7. The zero-order valence-corrected chi connectivity index (χ0v) is 33.9. The first-order valence-electron chi connectivity index (χ1n) is 20.4. The van der Waals surface area contributed by atoms with Crippen molar-refractivity contribution in [2.75, 3.05) is 72.0 Å². The van der Waals surface area contributed by atoms with Crippen molar-refractivity contribution in [1.29, 1.82) is 0 Å². The lowest BCUT2D eigenvalue weighted by Crippen LogP contribution is -2.47. The molecule has 2 unspecified atom stereocenters. The summed E-state index contributed by atoms with van der Waals surface area (Å²) in [4.78, 5) is 65.0. The number of anilines is 7. The molecule has 1 aromatic heterocycles. The number of halogens is 2. The third-order valence-corrected chi connectivity index (χ3v) is 12.3. The Kier molecular flexibility index (Phi) is 11.2. The molecule has 5 N–H and O–H groups in total. The average Bonchev–Trinajstić information content (AvgIpc) is 3.68. The number of likely N-dealkylation sites (tertiary alicyclic amines) is 1. The average molecular weight is 843 g/mol. The highest BCUT2D eigenvalue weighted by Gasteiger charge is 2.56. The van der Waals surface area contributed by atoms with Crippen molar-refractivity contribution in [2.45, 2.75) is 18.9 Å². The summed E-state index contributed by atoms with van der Waals surface area (Å²) in [7, 11) is 0. The van der Waals surface area contributed by atoms with Crippen LogP contribution in [-0.2, 0) is 9.59 Å². The highest BCUT2D eigenvalue weighted by atomic mass is 35.5. The lowest BCUT2D eigenvalue weighted by atomic mass is 10.1. The van der Waals surface area contributed by atoms with Gasteiger partial charge < -0.3 is 31.1 Å². The summed E-state index contributed by atoms with van der Waals surface area (Å²) in [5.74, 6) is 0.332. The van der Waals surface area contributed by atoms with Crippen LogP contribution in [0.5, 0.6) is 0 Å². The summed E-state index contributed by atoms with van der Waals surface area (Å²) in [6.45, 7) is 6.43. The van der Waals surface area contributed by atoms with Crippen LogP contribution in [0, 0.1) is 23.6 Å². The van der Waals surface area contributed by atoms with Crippen LogP contribution in [0.2, 0.25) is 5.02 Å². The number of amides is 4. The molecule has 5 aromatic rings. The Balaban J connectivity index is 0.709. The van der Waals surface area contributed by atoms with Gasteiger partial charge in [0.05, 0.1) is 16.9 Å². The van der Waals surface area contributed by atoms with Crippen molar-refractivity contribution in [1.82, 2.24) is 25.1 Å². The highest BCUT2D eigenvalue weighted by molar-refractivity contribution is 6.33. The van der Waals surface area contributed by atoms with E-state index in [1.54, 1.807) is 72.8 Å². The van der Waals surface area contributed by atoms with E-state index in [-0.39, 0.29) is 35.4 Å². The van der Waals surface area contributed by atoms with Crippen LogP contribution in [0.25, 0.3) is 0 Å². The summed E-state index contributed by atoms with van der Waals surface area (Å²) >= 11 is 6.16. The van der Waals surface area contributed by atoms with Crippen molar-refractivity contribution < 1.29 is 23.6 Å². The molecule has 61 heavy (non-hydrogen) atoms. The number of imide groups is 1. The van der Waals surface area contributed by atoms with E-state index in [1.807, 2.05) is 17.0 Å². The molecule has 0 spiro atoms. The summed E-state index contributed by atoms with van der Waals surface area (Å²) in [5, 5.41) is 14.9. The maximum absolute atomic E-state index is 14.7. The van der Waals surface area contributed by atoms with Gasteiger partial charge in [-0.05, 0) is 109 Å². The van der Waals surface area contributed by atoms with Crippen LogP contribution < -0.4 is 31.5 Å². The Bertz CT molecular complexity index is 2440. The number of carbonyl (C=O) groups is 4. The predicted molar refractivity (Wildman–Crippen MR) is 232 cm³/mol. The van der Waals surface area contributed by atoms with Gasteiger partial charge in [0.15, 0.2) is 11.6 Å². The number of hydrogen-bond donors (Lipinski definition) is 5. The van der Waals surface area contributed by atoms with Crippen LogP contribution in [0.15, 0.2) is 103 Å². The zero-order valence-electron chi connectivity index (χ0n) is 33.1. The zero-order chi connectivity index (χ0) is 42.0. The van der Waals surface area contributed by atoms with Crippen LogP contribution in [0.4, 0.5) is 44.6 Å². The number of hydrogen-bond acceptors (Lipinski definition) is 11. The molecule has 0 bridgehead atoms. The molecule has 0 radical (unpaired) electrons. The monoisotopic (exact) mass is 842 g/mol.